The fourth-order valence-corrected chi connectivity index (χ4v) is 5.42. The summed E-state index contributed by atoms with van der Waals surface area (Å²) in [6.07, 6.45) is 8.98. The summed E-state index contributed by atoms with van der Waals surface area (Å²) in [4.78, 5) is 0. The van der Waals surface area contributed by atoms with Crippen LogP contribution in [0.15, 0.2) is 10.3 Å². The minimum absolute atomic E-state index is 0.0191. The van der Waals surface area contributed by atoms with E-state index in [4.69, 9.17) is 0 Å². The highest BCUT2D eigenvalue weighted by Gasteiger charge is 2.44. The second-order valence-electron chi connectivity index (χ2n) is 5.70. The lowest BCUT2D eigenvalue weighted by Gasteiger charge is -2.32. The van der Waals surface area contributed by atoms with Gasteiger partial charge in [-0.3, -0.25) is 0 Å². The van der Waals surface area contributed by atoms with Gasteiger partial charge in [0.25, 0.3) is 10.0 Å². The van der Waals surface area contributed by atoms with Crippen molar-refractivity contribution >= 4 is 10.0 Å². The smallest absolute Gasteiger partial charge is 0.205 e. The lowest BCUT2D eigenvalue weighted by Crippen LogP contribution is -2.44. The van der Waals surface area contributed by atoms with Gasteiger partial charge in [0, 0.05) is 0 Å². The number of fused-ring (bicyclic) bond motifs is 1. The van der Waals surface area contributed by atoms with E-state index in [0.29, 0.717) is 0 Å². The van der Waals surface area contributed by atoms with Crippen molar-refractivity contribution in [2.75, 3.05) is 0 Å². The van der Waals surface area contributed by atoms with Crippen molar-refractivity contribution in [2.45, 2.75) is 75.1 Å². The van der Waals surface area contributed by atoms with Gasteiger partial charge in [-0.2, -0.15) is 9.53 Å². The van der Waals surface area contributed by atoms with Crippen LogP contribution in [-0.4, -0.2) is 30.2 Å². The molecule has 0 aromatic carbocycles. The highest BCUT2D eigenvalue weighted by molar-refractivity contribution is 7.89. The van der Waals surface area contributed by atoms with Gasteiger partial charge in [-0.25, -0.2) is 8.42 Å². The third-order valence-corrected chi connectivity index (χ3v) is 6.68. The van der Waals surface area contributed by atoms with E-state index in [1.165, 1.54) is 10.8 Å². The number of nitrogens with zero attached hydrogens (tertiary/aromatic N) is 3. The average Bonchev–Trinajstić information content (AvgIpc) is 2.84. The summed E-state index contributed by atoms with van der Waals surface area (Å²) in [5.41, 5.74) is 0. The van der Waals surface area contributed by atoms with E-state index in [1.54, 1.807) is 0 Å². The Bertz CT molecular complexity index is 429. The molecule has 3 rings (SSSR count). The van der Waals surface area contributed by atoms with Gasteiger partial charge >= 0.3 is 0 Å². The summed E-state index contributed by atoms with van der Waals surface area (Å²) in [6, 6.07) is 0.141. The van der Waals surface area contributed by atoms with Crippen LogP contribution in [0.3, 0.4) is 0 Å². The Balaban J connectivity index is 1.79. The SMILES string of the molecule is O=S(=O)(C1CCCCC1)N1N=N[C@H]2CCCC[C@@H]21. The summed E-state index contributed by atoms with van der Waals surface area (Å²) in [7, 11) is -3.26. The van der Waals surface area contributed by atoms with Crippen molar-refractivity contribution in [1.29, 1.82) is 0 Å². The predicted octanol–water partition coefficient (Wildman–Crippen LogP) is 2.64. The maximum atomic E-state index is 12.6. The Labute approximate surface area is 109 Å². The summed E-state index contributed by atoms with van der Waals surface area (Å²) < 4.78 is 26.6. The third-order valence-electron chi connectivity index (χ3n) is 4.50. The highest BCUT2D eigenvalue weighted by Crippen LogP contribution is 2.36. The molecule has 2 atom stereocenters. The zero-order chi connectivity index (χ0) is 12.6. The maximum Gasteiger partial charge on any atom is 0.254 e. The summed E-state index contributed by atoms with van der Waals surface area (Å²) >= 11 is 0. The van der Waals surface area contributed by atoms with Crippen LogP contribution in [0, 0.1) is 0 Å². The minimum atomic E-state index is -3.26. The molecule has 0 radical (unpaired) electrons. The van der Waals surface area contributed by atoms with E-state index < -0.39 is 10.0 Å². The minimum Gasteiger partial charge on any atom is -0.205 e. The van der Waals surface area contributed by atoms with Gasteiger partial charge in [-0.1, -0.05) is 37.3 Å². The van der Waals surface area contributed by atoms with E-state index in [1.807, 2.05) is 0 Å². The second kappa shape index (κ2) is 4.79. The maximum absolute atomic E-state index is 12.6. The van der Waals surface area contributed by atoms with Crippen LogP contribution < -0.4 is 0 Å². The lowest BCUT2D eigenvalue weighted by molar-refractivity contribution is 0.275. The van der Waals surface area contributed by atoms with Crippen molar-refractivity contribution < 1.29 is 8.42 Å². The van der Waals surface area contributed by atoms with Crippen LogP contribution in [0.5, 0.6) is 0 Å². The van der Waals surface area contributed by atoms with Crippen LogP contribution >= 0.6 is 0 Å². The Morgan fingerprint density at radius 1 is 0.889 bits per heavy atom. The number of rotatable bonds is 2. The van der Waals surface area contributed by atoms with Gasteiger partial charge in [0.2, 0.25) is 0 Å². The number of sulfonamides is 1. The van der Waals surface area contributed by atoms with E-state index >= 15 is 0 Å². The van der Waals surface area contributed by atoms with Gasteiger partial charge in [-0.05, 0) is 25.7 Å². The number of hydrogen-bond donors (Lipinski definition) is 0. The Hall–Kier alpha value is -0.650. The molecule has 6 heteroatoms. The lowest BCUT2D eigenvalue weighted by atomic mass is 9.92. The third kappa shape index (κ3) is 2.04. The molecule has 5 nitrogen and oxygen atoms in total. The summed E-state index contributed by atoms with van der Waals surface area (Å²) in [6.45, 7) is 0. The molecule has 0 saturated heterocycles. The van der Waals surface area contributed by atoms with Crippen LogP contribution in [0.4, 0.5) is 0 Å². The Morgan fingerprint density at radius 3 is 2.33 bits per heavy atom. The molecule has 3 aliphatic rings. The molecule has 0 aromatic heterocycles. The quantitative estimate of drug-likeness (QED) is 0.775. The van der Waals surface area contributed by atoms with Gasteiger partial charge in [0.15, 0.2) is 0 Å². The first-order valence-corrected chi connectivity index (χ1v) is 8.64. The van der Waals surface area contributed by atoms with Crippen molar-refractivity contribution in [3.05, 3.63) is 0 Å². The second-order valence-corrected chi connectivity index (χ2v) is 7.77. The molecule has 0 bridgehead atoms. The molecule has 2 aliphatic carbocycles. The molecule has 102 valence electrons. The van der Waals surface area contributed by atoms with Crippen LogP contribution in [0.25, 0.3) is 0 Å². The van der Waals surface area contributed by atoms with E-state index in [-0.39, 0.29) is 17.3 Å². The molecular weight excluding hydrogens is 250 g/mol. The van der Waals surface area contributed by atoms with Crippen LogP contribution in [-0.2, 0) is 10.0 Å². The fourth-order valence-electron chi connectivity index (χ4n) is 3.42. The topological polar surface area (TPSA) is 62.1 Å². The zero-order valence-corrected chi connectivity index (χ0v) is 11.5. The summed E-state index contributed by atoms with van der Waals surface area (Å²) in [5, 5.41) is 7.95. The van der Waals surface area contributed by atoms with Crippen molar-refractivity contribution in [1.82, 2.24) is 4.41 Å². The zero-order valence-electron chi connectivity index (χ0n) is 10.7. The first-order chi connectivity index (χ1) is 8.69. The van der Waals surface area contributed by atoms with Crippen LogP contribution in [0.2, 0.25) is 0 Å². The van der Waals surface area contributed by atoms with Crippen LogP contribution in [0.1, 0.15) is 57.8 Å². The van der Waals surface area contributed by atoms with E-state index in [2.05, 4.69) is 10.3 Å². The van der Waals surface area contributed by atoms with Gasteiger partial charge in [0.1, 0.15) is 0 Å². The standard InChI is InChI=1S/C12H21N3O2S/c16-18(17,10-6-2-1-3-7-10)15-12-9-5-4-8-11(12)13-14-15/h10-12H,1-9H2/t11-,12-/m0/s1. The molecule has 2 saturated carbocycles. The van der Waals surface area contributed by atoms with E-state index in [0.717, 1.165) is 51.4 Å². The predicted molar refractivity (Wildman–Crippen MR) is 68.5 cm³/mol. The molecular formula is C12H21N3O2S. The van der Waals surface area contributed by atoms with Gasteiger partial charge < -0.3 is 0 Å². The molecule has 18 heavy (non-hydrogen) atoms. The van der Waals surface area contributed by atoms with Gasteiger partial charge in [0.05, 0.1) is 17.3 Å². The summed E-state index contributed by atoms with van der Waals surface area (Å²) in [5.74, 6) is 0. The Morgan fingerprint density at radius 2 is 1.56 bits per heavy atom. The average molecular weight is 271 g/mol. The largest absolute Gasteiger partial charge is 0.254 e. The van der Waals surface area contributed by atoms with Gasteiger partial charge in [-0.15, -0.1) is 0 Å². The monoisotopic (exact) mass is 271 g/mol. The van der Waals surface area contributed by atoms with Crippen molar-refractivity contribution in [3.63, 3.8) is 0 Å². The molecule has 0 N–H and O–H groups in total. The molecule has 0 amide bonds. The van der Waals surface area contributed by atoms with Crippen molar-refractivity contribution in [3.8, 4) is 0 Å². The molecule has 1 heterocycles. The van der Waals surface area contributed by atoms with Crippen molar-refractivity contribution in [2.24, 2.45) is 10.3 Å². The molecule has 2 fully saturated rings. The van der Waals surface area contributed by atoms with E-state index in [9.17, 15) is 8.42 Å². The normalized spacial score (nSPS) is 33.7. The molecule has 0 spiro atoms. The first-order valence-electron chi connectivity index (χ1n) is 7.13. The number of hydrogen-bond acceptors (Lipinski definition) is 4. The first kappa shape index (κ1) is 12.4. The molecule has 1 aliphatic heterocycles. The highest BCUT2D eigenvalue weighted by atomic mass is 32.2. The molecule has 0 aromatic rings. The fraction of sp³-hybridized carbons (Fsp3) is 1.00. The molecule has 0 unspecified atom stereocenters. The Kier molecular flexibility index (Phi) is 3.30.